The van der Waals surface area contributed by atoms with Gasteiger partial charge >= 0.3 is 0 Å². The maximum Gasteiger partial charge on any atom is 0.229 e. The normalized spacial score (nSPS) is 15.3. The SMILES string of the molecule is CCCS(=O)(=O)c1ccc(-c2csc3c(N4CCC(c5nc(C(C)C)no5)CC4)ncnc23)c(F)c1. The molecular weight excluding hydrogens is 501 g/mol. The van der Waals surface area contributed by atoms with Gasteiger partial charge in [0.2, 0.25) is 5.89 Å². The molecule has 1 aliphatic rings. The zero-order valence-electron chi connectivity index (χ0n) is 20.4. The smallest absolute Gasteiger partial charge is 0.229 e. The average molecular weight is 530 g/mol. The minimum atomic E-state index is -3.49. The molecule has 8 nitrogen and oxygen atoms in total. The van der Waals surface area contributed by atoms with Crippen molar-refractivity contribution >= 4 is 37.2 Å². The number of fused-ring (bicyclic) bond motifs is 1. The number of aromatic nitrogens is 4. The predicted molar refractivity (Wildman–Crippen MR) is 138 cm³/mol. The van der Waals surface area contributed by atoms with Crippen molar-refractivity contribution in [1.82, 2.24) is 20.1 Å². The molecule has 1 aromatic carbocycles. The summed E-state index contributed by atoms with van der Waals surface area (Å²) in [5.74, 6) is 2.12. The van der Waals surface area contributed by atoms with Crippen molar-refractivity contribution in [2.75, 3.05) is 23.7 Å². The number of sulfone groups is 1. The third-order valence-corrected chi connectivity index (χ3v) is 9.40. The molecule has 4 aromatic rings. The summed E-state index contributed by atoms with van der Waals surface area (Å²) in [5, 5.41) is 5.95. The van der Waals surface area contributed by atoms with Gasteiger partial charge in [0.25, 0.3) is 0 Å². The topological polar surface area (TPSA) is 102 Å². The van der Waals surface area contributed by atoms with Gasteiger partial charge in [-0.2, -0.15) is 4.98 Å². The van der Waals surface area contributed by atoms with Gasteiger partial charge in [-0.15, -0.1) is 11.3 Å². The van der Waals surface area contributed by atoms with Crippen LogP contribution in [0.3, 0.4) is 0 Å². The van der Waals surface area contributed by atoms with Crippen molar-refractivity contribution in [3.05, 3.63) is 47.4 Å². The first-order valence-corrected chi connectivity index (χ1v) is 14.6. The van der Waals surface area contributed by atoms with E-state index in [0.717, 1.165) is 48.3 Å². The Kier molecular flexibility index (Phi) is 6.78. The molecule has 190 valence electrons. The van der Waals surface area contributed by atoms with E-state index in [1.165, 1.54) is 29.8 Å². The number of hydrogen-bond donors (Lipinski definition) is 0. The van der Waals surface area contributed by atoms with Gasteiger partial charge in [0.1, 0.15) is 18.0 Å². The number of thiophene rings is 1. The van der Waals surface area contributed by atoms with Crippen LogP contribution in [0.2, 0.25) is 0 Å². The van der Waals surface area contributed by atoms with Crippen LogP contribution in [0.4, 0.5) is 10.2 Å². The van der Waals surface area contributed by atoms with E-state index in [9.17, 15) is 8.42 Å². The second-order valence-corrected chi connectivity index (χ2v) is 12.4. The fraction of sp³-hybridized carbons (Fsp3) is 0.440. The number of piperidine rings is 1. The minimum Gasteiger partial charge on any atom is -0.355 e. The Hall–Kier alpha value is -2.92. The number of benzene rings is 1. The number of hydrogen-bond acceptors (Lipinski definition) is 9. The van der Waals surface area contributed by atoms with E-state index in [1.807, 2.05) is 19.2 Å². The van der Waals surface area contributed by atoms with Crippen molar-refractivity contribution in [2.45, 2.75) is 56.8 Å². The van der Waals surface area contributed by atoms with Crippen LogP contribution in [0, 0.1) is 5.82 Å². The Balaban J connectivity index is 1.39. The molecule has 4 heterocycles. The van der Waals surface area contributed by atoms with Gasteiger partial charge in [0.05, 0.1) is 20.9 Å². The molecule has 3 aromatic heterocycles. The first-order chi connectivity index (χ1) is 17.3. The molecule has 0 saturated carbocycles. The monoisotopic (exact) mass is 529 g/mol. The van der Waals surface area contributed by atoms with Crippen LogP contribution in [0.15, 0.2) is 39.3 Å². The predicted octanol–water partition coefficient (Wildman–Crippen LogP) is 5.57. The highest BCUT2D eigenvalue weighted by atomic mass is 32.2. The van der Waals surface area contributed by atoms with E-state index in [1.54, 1.807) is 6.92 Å². The molecule has 0 unspecified atom stereocenters. The van der Waals surface area contributed by atoms with Gasteiger partial charge in [0.15, 0.2) is 15.7 Å². The summed E-state index contributed by atoms with van der Waals surface area (Å²) in [5.41, 5.74) is 1.63. The van der Waals surface area contributed by atoms with E-state index >= 15 is 4.39 Å². The van der Waals surface area contributed by atoms with E-state index < -0.39 is 15.7 Å². The highest BCUT2D eigenvalue weighted by molar-refractivity contribution is 7.91. The first kappa shape index (κ1) is 24.8. The fourth-order valence-electron chi connectivity index (χ4n) is 4.53. The Morgan fingerprint density at radius 1 is 1.19 bits per heavy atom. The number of rotatable bonds is 7. The van der Waals surface area contributed by atoms with Gasteiger partial charge in [-0.1, -0.05) is 32.0 Å². The summed E-state index contributed by atoms with van der Waals surface area (Å²) < 4.78 is 46.2. The largest absolute Gasteiger partial charge is 0.355 e. The summed E-state index contributed by atoms with van der Waals surface area (Å²) in [6.07, 6.45) is 3.72. The van der Waals surface area contributed by atoms with Gasteiger partial charge in [0, 0.05) is 41.4 Å². The zero-order chi connectivity index (χ0) is 25.4. The van der Waals surface area contributed by atoms with Crippen molar-refractivity contribution < 1.29 is 17.3 Å². The van der Waals surface area contributed by atoms with Crippen molar-refractivity contribution in [2.24, 2.45) is 0 Å². The lowest BCUT2D eigenvalue weighted by atomic mass is 9.96. The molecule has 0 atom stereocenters. The molecule has 1 aliphatic heterocycles. The highest BCUT2D eigenvalue weighted by Gasteiger charge is 2.28. The summed E-state index contributed by atoms with van der Waals surface area (Å²) >= 11 is 1.47. The molecule has 1 fully saturated rings. The van der Waals surface area contributed by atoms with E-state index in [4.69, 9.17) is 4.52 Å². The van der Waals surface area contributed by atoms with E-state index in [0.29, 0.717) is 29.0 Å². The molecule has 0 amide bonds. The lowest BCUT2D eigenvalue weighted by Crippen LogP contribution is -2.33. The van der Waals surface area contributed by atoms with Gasteiger partial charge in [-0.3, -0.25) is 0 Å². The third-order valence-electron chi connectivity index (χ3n) is 6.52. The van der Waals surface area contributed by atoms with Gasteiger partial charge in [-0.05, 0) is 31.4 Å². The van der Waals surface area contributed by atoms with Gasteiger partial charge in [-0.25, -0.2) is 22.8 Å². The molecule has 36 heavy (non-hydrogen) atoms. The molecule has 0 radical (unpaired) electrons. The maximum absolute atomic E-state index is 15.1. The number of anilines is 1. The van der Waals surface area contributed by atoms with Crippen LogP contribution in [0.25, 0.3) is 21.3 Å². The highest BCUT2D eigenvalue weighted by Crippen LogP contribution is 2.40. The van der Waals surface area contributed by atoms with Crippen LogP contribution in [-0.2, 0) is 9.84 Å². The molecule has 0 spiro atoms. The van der Waals surface area contributed by atoms with Crippen molar-refractivity contribution in [1.29, 1.82) is 0 Å². The summed E-state index contributed by atoms with van der Waals surface area (Å²) in [6, 6.07) is 4.11. The molecule has 0 bridgehead atoms. The average Bonchev–Trinajstić information content (AvgIpc) is 3.52. The lowest BCUT2D eigenvalue weighted by molar-refractivity contribution is 0.326. The molecule has 0 aliphatic carbocycles. The van der Waals surface area contributed by atoms with Crippen LogP contribution < -0.4 is 4.90 Å². The molecule has 1 saturated heterocycles. The Bertz CT molecular complexity index is 1490. The van der Waals surface area contributed by atoms with Crippen molar-refractivity contribution in [3.8, 4) is 11.1 Å². The van der Waals surface area contributed by atoms with Gasteiger partial charge < -0.3 is 9.42 Å². The lowest BCUT2D eigenvalue weighted by Gasteiger charge is -2.31. The van der Waals surface area contributed by atoms with E-state index in [2.05, 4.69) is 25.0 Å². The van der Waals surface area contributed by atoms with E-state index in [-0.39, 0.29) is 22.5 Å². The summed E-state index contributed by atoms with van der Waals surface area (Å²) in [6.45, 7) is 7.43. The maximum atomic E-state index is 15.1. The second kappa shape index (κ2) is 9.85. The minimum absolute atomic E-state index is 0.00471. The van der Waals surface area contributed by atoms with Crippen LogP contribution >= 0.6 is 11.3 Å². The number of halogens is 1. The van der Waals surface area contributed by atoms with Crippen LogP contribution in [-0.4, -0.2) is 47.4 Å². The third kappa shape index (κ3) is 4.61. The Morgan fingerprint density at radius 2 is 1.97 bits per heavy atom. The standard InChI is InChI=1S/C25H28FN5O3S2/c1-4-11-36(32,33)17-5-6-18(20(26)12-17)19-13-35-22-21(19)27-14-28-24(22)31-9-7-16(8-10-31)25-29-23(15(2)3)30-34-25/h5-6,12-16H,4,7-11H2,1-3H3. The summed E-state index contributed by atoms with van der Waals surface area (Å²) in [4.78, 5) is 15.8. The first-order valence-electron chi connectivity index (χ1n) is 12.1. The second-order valence-electron chi connectivity index (χ2n) is 9.39. The molecular formula is C25H28FN5O3S2. The van der Waals surface area contributed by atoms with Crippen LogP contribution in [0.1, 0.15) is 63.6 Å². The van der Waals surface area contributed by atoms with Crippen molar-refractivity contribution in [3.63, 3.8) is 0 Å². The van der Waals surface area contributed by atoms with Crippen LogP contribution in [0.5, 0.6) is 0 Å². The molecule has 5 rings (SSSR count). The Labute approximate surface area is 213 Å². The molecule has 0 N–H and O–H groups in total. The number of nitrogens with zero attached hydrogens (tertiary/aromatic N) is 5. The summed E-state index contributed by atoms with van der Waals surface area (Å²) in [7, 11) is -3.49. The quantitative estimate of drug-likeness (QED) is 0.306. The Morgan fingerprint density at radius 3 is 2.64 bits per heavy atom. The molecule has 11 heteroatoms. The fourth-order valence-corrected chi connectivity index (χ4v) is 6.90. The zero-order valence-corrected chi connectivity index (χ0v) is 22.1.